The number of carboxylic acids is 1. The van der Waals surface area contributed by atoms with Crippen LogP contribution in [0.5, 0.6) is 0 Å². The average molecular weight is 153 g/mol. The minimum absolute atomic E-state index is 0.155. The lowest BCUT2D eigenvalue weighted by Gasteiger charge is -1.91. The molecule has 0 fully saturated rings. The third-order valence-corrected chi connectivity index (χ3v) is 1.17. The molecule has 0 aliphatic carbocycles. The van der Waals surface area contributed by atoms with Crippen molar-refractivity contribution in [2.24, 2.45) is 0 Å². The van der Waals surface area contributed by atoms with Gasteiger partial charge in [-0.15, -0.1) is 0 Å². The van der Waals surface area contributed by atoms with Crippen molar-refractivity contribution >= 4 is 11.5 Å². The number of rotatable bonds is 2. The zero-order chi connectivity index (χ0) is 8.43. The van der Waals surface area contributed by atoms with Gasteiger partial charge in [0.2, 0.25) is 5.76 Å². The Bertz CT molecular complexity index is 272. The lowest BCUT2D eigenvalue weighted by atomic mass is 10.2. The minimum atomic E-state index is -1.12. The highest BCUT2D eigenvalue weighted by Gasteiger charge is 2.15. The summed E-state index contributed by atoms with van der Waals surface area (Å²) in [6.45, 7) is 5.23. The van der Waals surface area contributed by atoms with Gasteiger partial charge in [-0.1, -0.05) is 6.58 Å². The summed E-state index contributed by atoms with van der Waals surface area (Å²) in [5.41, 5.74) is 0.883. The smallest absolute Gasteiger partial charge is 0.374 e. The minimum Gasteiger partial charge on any atom is -0.475 e. The second-order valence-electron chi connectivity index (χ2n) is 2.12. The number of nitrogens with zero attached hydrogens (tertiary/aromatic N) is 1. The number of hydrogen-bond acceptors (Lipinski definition) is 3. The first kappa shape index (κ1) is 7.53. The van der Waals surface area contributed by atoms with Crippen LogP contribution in [0, 0.1) is 0 Å². The van der Waals surface area contributed by atoms with Crippen molar-refractivity contribution in [1.29, 1.82) is 0 Å². The van der Waals surface area contributed by atoms with Crippen LogP contribution in [0.15, 0.2) is 17.4 Å². The Morgan fingerprint density at radius 3 is 2.82 bits per heavy atom. The third kappa shape index (κ3) is 1.29. The van der Waals surface area contributed by atoms with Gasteiger partial charge in [-0.3, -0.25) is 0 Å². The van der Waals surface area contributed by atoms with E-state index < -0.39 is 5.97 Å². The maximum Gasteiger partial charge on any atom is 0.374 e. The molecule has 0 aliphatic heterocycles. The van der Waals surface area contributed by atoms with E-state index in [4.69, 9.17) is 5.11 Å². The first-order valence-electron chi connectivity index (χ1n) is 2.95. The summed E-state index contributed by atoms with van der Waals surface area (Å²) in [5, 5.41) is 8.53. The summed E-state index contributed by atoms with van der Waals surface area (Å²) in [6, 6.07) is 0. The average Bonchev–Trinajstić information content (AvgIpc) is 2.32. The van der Waals surface area contributed by atoms with Crippen molar-refractivity contribution in [3.05, 3.63) is 24.4 Å². The zero-order valence-corrected chi connectivity index (χ0v) is 6.00. The Kier molecular flexibility index (Phi) is 1.76. The monoisotopic (exact) mass is 153 g/mol. The molecule has 4 nitrogen and oxygen atoms in total. The molecule has 11 heavy (non-hydrogen) atoms. The first-order chi connectivity index (χ1) is 5.13. The standard InChI is InChI=1S/C7H7NO3/c1-4(2)5-6(7(9)10)11-3-8-5/h3H,1H2,2H3,(H,9,10). The summed E-state index contributed by atoms with van der Waals surface area (Å²) in [6.07, 6.45) is 1.09. The summed E-state index contributed by atoms with van der Waals surface area (Å²) in [7, 11) is 0. The number of carboxylic acid groups (broad SMARTS) is 1. The molecule has 0 atom stereocenters. The highest BCUT2D eigenvalue weighted by molar-refractivity contribution is 5.89. The fraction of sp³-hybridized carbons (Fsp3) is 0.143. The molecule has 0 saturated heterocycles. The van der Waals surface area contributed by atoms with Crippen molar-refractivity contribution in [3.8, 4) is 0 Å². The molecule has 1 N–H and O–H groups in total. The van der Waals surface area contributed by atoms with Gasteiger partial charge in [0.05, 0.1) is 0 Å². The molecule has 0 unspecified atom stereocenters. The van der Waals surface area contributed by atoms with Gasteiger partial charge in [-0.05, 0) is 12.5 Å². The second-order valence-corrected chi connectivity index (χ2v) is 2.12. The maximum atomic E-state index is 10.4. The number of aromatic nitrogens is 1. The summed E-state index contributed by atoms with van der Waals surface area (Å²) in [4.78, 5) is 14.1. The molecule has 0 spiro atoms. The molecule has 1 rings (SSSR count). The molecule has 58 valence electrons. The molecule has 0 bridgehead atoms. The third-order valence-electron chi connectivity index (χ3n) is 1.17. The van der Waals surface area contributed by atoms with Gasteiger partial charge in [-0.2, -0.15) is 0 Å². The molecule has 4 heteroatoms. The first-order valence-corrected chi connectivity index (χ1v) is 2.95. The van der Waals surface area contributed by atoms with Crippen LogP contribution in [0.25, 0.3) is 5.57 Å². The maximum absolute atomic E-state index is 10.4. The Hall–Kier alpha value is -1.58. The Morgan fingerprint density at radius 2 is 2.45 bits per heavy atom. The molecule has 0 radical (unpaired) electrons. The van der Waals surface area contributed by atoms with E-state index in [-0.39, 0.29) is 5.76 Å². The van der Waals surface area contributed by atoms with Gasteiger partial charge in [0, 0.05) is 0 Å². The Balaban J connectivity index is 3.16. The van der Waals surface area contributed by atoms with E-state index in [1.54, 1.807) is 6.92 Å². The molecule has 0 saturated carbocycles. The van der Waals surface area contributed by atoms with Gasteiger partial charge >= 0.3 is 5.97 Å². The molecule has 1 aromatic rings. The molecule has 0 amide bonds. The van der Waals surface area contributed by atoms with Crippen LogP contribution < -0.4 is 0 Å². The van der Waals surface area contributed by atoms with Crippen LogP contribution >= 0.6 is 0 Å². The van der Waals surface area contributed by atoms with E-state index in [0.29, 0.717) is 11.3 Å². The highest BCUT2D eigenvalue weighted by Crippen LogP contribution is 2.14. The van der Waals surface area contributed by atoms with Crippen LogP contribution in [0.3, 0.4) is 0 Å². The molecular formula is C7H7NO3. The van der Waals surface area contributed by atoms with Crippen molar-refractivity contribution in [3.63, 3.8) is 0 Å². The SMILES string of the molecule is C=C(C)c1ncoc1C(=O)O. The van der Waals surface area contributed by atoms with Gasteiger partial charge in [0.15, 0.2) is 6.39 Å². The highest BCUT2D eigenvalue weighted by atomic mass is 16.4. The fourth-order valence-electron chi connectivity index (χ4n) is 0.702. The lowest BCUT2D eigenvalue weighted by Crippen LogP contribution is -1.97. The number of allylic oxidation sites excluding steroid dienone is 1. The van der Waals surface area contributed by atoms with Crippen molar-refractivity contribution < 1.29 is 14.3 Å². The summed E-state index contributed by atoms with van der Waals surface area (Å²) in [5.74, 6) is -1.28. The van der Waals surface area contributed by atoms with Crippen LogP contribution in [-0.2, 0) is 0 Å². The van der Waals surface area contributed by atoms with Crippen LogP contribution in [0.1, 0.15) is 23.2 Å². The number of hydrogen-bond donors (Lipinski definition) is 1. The second kappa shape index (κ2) is 2.57. The van der Waals surface area contributed by atoms with Crippen molar-refractivity contribution in [1.82, 2.24) is 4.98 Å². The van der Waals surface area contributed by atoms with E-state index in [1.807, 2.05) is 0 Å². The Morgan fingerprint density at radius 1 is 1.82 bits per heavy atom. The molecule has 1 heterocycles. The van der Waals surface area contributed by atoms with Crippen LogP contribution in [-0.4, -0.2) is 16.1 Å². The number of oxazole rings is 1. The predicted molar refractivity (Wildman–Crippen MR) is 38.2 cm³/mol. The topological polar surface area (TPSA) is 63.3 Å². The van der Waals surface area contributed by atoms with Crippen molar-refractivity contribution in [2.45, 2.75) is 6.92 Å². The molecule has 0 aliphatic rings. The summed E-state index contributed by atoms with van der Waals surface area (Å²) >= 11 is 0. The quantitative estimate of drug-likeness (QED) is 0.697. The number of carbonyl (C=O) groups is 1. The van der Waals surface area contributed by atoms with Crippen LogP contribution in [0.4, 0.5) is 0 Å². The largest absolute Gasteiger partial charge is 0.475 e. The van der Waals surface area contributed by atoms with Gasteiger partial charge in [0.25, 0.3) is 0 Å². The Labute approximate surface area is 63.2 Å². The van der Waals surface area contributed by atoms with Gasteiger partial charge in [-0.25, -0.2) is 9.78 Å². The normalized spacial score (nSPS) is 9.55. The van der Waals surface area contributed by atoms with E-state index in [9.17, 15) is 4.79 Å². The van der Waals surface area contributed by atoms with E-state index in [0.717, 1.165) is 6.39 Å². The van der Waals surface area contributed by atoms with Crippen molar-refractivity contribution in [2.75, 3.05) is 0 Å². The lowest BCUT2D eigenvalue weighted by molar-refractivity contribution is 0.0662. The predicted octanol–water partition coefficient (Wildman–Crippen LogP) is 1.41. The van der Waals surface area contributed by atoms with E-state index >= 15 is 0 Å². The van der Waals surface area contributed by atoms with Gasteiger partial charge < -0.3 is 9.52 Å². The molecule has 1 aromatic heterocycles. The number of aromatic carboxylic acids is 1. The molecular weight excluding hydrogens is 146 g/mol. The summed E-state index contributed by atoms with van der Waals surface area (Å²) < 4.78 is 4.62. The van der Waals surface area contributed by atoms with E-state index in [1.165, 1.54) is 0 Å². The zero-order valence-electron chi connectivity index (χ0n) is 6.00. The van der Waals surface area contributed by atoms with E-state index in [2.05, 4.69) is 16.0 Å². The molecule has 0 aromatic carbocycles. The fourth-order valence-corrected chi connectivity index (χ4v) is 0.702. The van der Waals surface area contributed by atoms with Crippen LogP contribution in [0.2, 0.25) is 0 Å². The van der Waals surface area contributed by atoms with Gasteiger partial charge in [0.1, 0.15) is 5.69 Å².